The van der Waals surface area contributed by atoms with Crippen LogP contribution in [0.15, 0.2) is 49.6 Å². The molecule has 260 valence electrons. The van der Waals surface area contributed by atoms with E-state index in [1.807, 2.05) is 0 Å². The van der Waals surface area contributed by atoms with E-state index in [2.05, 4.69) is 41.4 Å². The second kappa shape index (κ2) is 17.7. The first-order chi connectivity index (χ1) is 22.1. The second-order valence-electron chi connectivity index (χ2n) is 10.4. The van der Waals surface area contributed by atoms with Crippen molar-refractivity contribution in [1.29, 1.82) is 0 Å². The molecule has 0 bridgehead atoms. The van der Waals surface area contributed by atoms with Crippen molar-refractivity contribution in [3.63, 3.8) is 0 Å². The van der Waals surface area contributed by atoms with E-state index < -0.39 is 36.1 Å². The standard InChI is InChI=1S/2C14H14ClF2N5O.2ClH/c2*15-10-1-2-12(22-7-18-6-21-22)9(13(10)17)5-20-14(23)11-3-8(16)4-19-11;;/h2*1-2,6-8,11,19H,3-5H2,(H,20,23);2*1H/t2*8-,11+;;/m11../s1. The fourth-order valence-electron chi connectivity index (χ4n) is 4.98. The quantitative estimate of drug-likeness (QED) is 0.200. The van der Waals surface area contributed by atoms with E-state index in [1.54, 1.807) is 12.1 Å². The summed E-state index contributed by atoms with van der Waals surface area (Å²) >= 11 is 11.6. The maximum absolute atomic E-state index is 14.3. The molecule has 4 atom stereocenters. The van der Waals surface area contributed by atoms with Crippen LogP contribution in [0, 0.1) is 11.6 Å². The van der Waals surface area contributed by atoms with Gasteiger partial charge in [-0.2, -0.15) is 10.2 Å². The molecule has 2 saturated heterocycles. The molecule has 20 heteroatoms. The lowest BCUT2D eigenvalue weighted by Gasteiger charge is -2.14. The van der Waals surface area contributed by atoms with Gasteiger partial charge in [-0.05, 0) is 24.3 Å². The fraction of sp³-hybridized carbons (Fsp3) is 0.357. The van der Waals surface area contributed by atoms with Crippen LogP contribution >= 0.6 is 48.0 Å². The molecule has 0 aliphatic carbocycles. The normalized spacial score (nSPS) is 19.8. The molecule has 2 aromatic heterocycles. The van der Waals surface area contributed by atoms with Gasteiger partial charge in [-0.3, -0.25) is 9.59 Å². The van der Waals surface area contributed by atoms with Crippen molar-refractivity contribution >= 4 is 59.8 Å². The Morgan fingerprint density at radius 2 is 1.15 bits per heavy atom. The van der Waals surface area contributed by atoms with Gasteiger partial charge in [0, 0.05) is 50.1 Å². The highest BCUT2D eigenvalue weighted by molar-refractivity contribution is 6.31. The molecule has 4 N–H and O–H groups in total. The van der Waals surface area contributed by atoms with Crippen molar-refractivity contribution in [3.8, 4) is 11.4 Å². The van der Waals surface area contributed by atoms with Gasteiger partial charge in [-0.1, -0.05) is 23.2 Å². The third-order valence-electron chi connectivity index (χ3n) is 7.34. The fourth-order valence-corrected chi connectivity index (χ4v) is 5.33. The van der Waals surface area contributed by atoms with E-state index in [1.165, 1.54) is 46.8 Å². The van der Waals surface area contributed by atoms with E-state index in [0.717, 1.165) is 0 Å². The number of carbonyl (C=O) groups is 2. The van der Waals surface area contributed by atoms with Crippen LogP contribution in [0.4, 0.5) is 17.6 Å². The minimum atomic E-state index is -1.04. The molecule has 2 aliphatic rings. The third-order valence-corrected chi connectivity index (χ3v) is 7.92. The van der Waals surface area contributed by atoms with Gasteiger partial charge in [0.05, 0.1) is 33.5 Å². The van der Waals surface area contributed by atoms with Gasteiger partial charge >= 0.3 is 0 Å². The molecular formula is C28H30Cl4F4N10O2. The molecule has 0 saturated carbocycles. The topological polar surface area (TPSA) is 144 Å². The van der Waals surface area contributed by atoms with Crippen LogP contribution in [0.2, 0.25) is 10.0 Å². The molecule has 12 nitrogen and oxygen atoms in total. The van der Waals surface area contributed by atoms with Crippen LogP contribution in [0.1, 0.15) is 24.0 Å². The first-order valence-electron chi connectivity index (χ1n) is 14.1. The van der Waals surface area contributed by atoms with Crippen molar-refractivity contribution in [2.24, 2.45) is 0 Å². The molecule has 6 rings (SSSR count). The minimum absolute atomic E-state index is 0. The number of nitrogens with zero attached hydrogens (tertiary/aromatic N) is 6. The van der Waals surface area contributed by atoms with Crippen molar-refractivity contribution in [2.45, 2.75) is 50.4 Å². The highest BCUT2D eigenvalue weighted by Crippen LogP contribution is 2.25. The van der Waals surface area contributed by atoms with Crippen LogP contribution in [-0.4, -0.2) is 78.9 Å². The van der Waals surface area contributed by atoms with Gasteiger partial charge in [0.2, 0.25) is 11.8 Å². The zero-order valence-electron chi connectivity index (χ0n) is 24.8. The summed E-state index contributed by atoms with van der Waals surface area (Å²) in [5, 5.41) is 18.6. The molecule has 48 heavy (non-hydrogen) atoms. The maximum Gasteiger partial charge on any atom is 0.237 e. The van der Waals surface area contributed by atoms with Crippen molar-refractivity contribution in [3.05, 3.63) is 82.4 Å². The number of carbonyl (C=O) groups excluding carboxylic acids is 2. The highest BCUT2D eigenvalue weighted by atomic mass is 35.5. The number of hydrogen-bond acceptors (Lipinski definition) is 8. The first kappa shape index (κ1) is 38.9. The van der Waals surface area contributed by atoms with E-state index in [4.69, 9.17) is 23.2 Å². The van der Waals surface area contributed by atoms with Crippen LogP contribution in [0.3, 0.4) is 0 Å². The van der Waals surface area contributed by atoms with Crippen LogP contribution in [0.25, 0.3) is 11.4 Å². The molecule has 2 aliphatic heterocycles. The number of benzene rings is 2. The van der Waals surface area contributed by atoms with Gasteiger partial charge in [0.15, 0.2) is 0 Å². The monoisotopic (exact) mass is 754 g/mol. The summed E-state index contributed by atoms with van der Waals surface area (Å²) in [5.41, 5.74) is 1.22. The van der Waals surface area contributed by atoms with Gasteiger partial charge < -0.3 is 21.3 Å². The van der Waals surface area contributed by atoms with Gasteiger partial charge in [0.1, 0.15) is 49.3 Å². The number of rotatable bonds is 8. The molecule has 0 spiro atoms. The maximum atomic E-state index is 14.3. The Hall–Kier alpha value is -3.54. The summed E-state index contributed by atoms with van der Waals surface area (Å²) in [6.07, 6.45) is 3.61. The molecule has 2 fully saturated rings. The Labute approximate surface area is 294 Å². The van der Waals surface area contributed by atoms with Gasteiger partial charge in [0.25, 0.3) is 0 Å². The predicted molar refractivity (Wildman–Crippen MR) is 173 cm³/mol. The molecular weight excluding hydrogens is 726 g/mol. The Morgan fingerprint density at radius 1 is 0.750 bits per heavy atom. The number of aromatic nitrogens is 6. The number of halogens is 8. The van der Waals surface area contributed by atoms with E-state index >= 15 is 0 Å². The predicted octanol–water partition coefficient (Wildman–Crippen LogP) is 3.60. The molecule has 4 heterocycles. The molecule has 2 aromatic carbocycles. The minimum Gasteiger partial charge on any atom is -0.350 e. The summed E-state index contributed by atoms with van der Waals surface area (Å²) in [6.45, 7) is 0.118. The smallest absolute Gasteiger partial charge is 0.237 e. The zero-order valence-corrected chi connectivity index (χ0v) is 27.9. The highest BCUT2D eigenvalue weighted by Gasteiger charge is 2.30. The summed E-state index contributed by atoms with van der Waals surface area (Å²) in [6, 6.07) is 4.78. The van der Waals surface area contributed by atoms with Crippen LogP contribution in [-0.2, 0) is 22.7 Å². The zero-order chi connectivity index (χ0) is 32.8. The summed E-state index contributed by atoms with van der Waals surface area (Å²) in [7, 11) is 0. The number of amides is 2. The third kappa shape index (κ3) is 9.33. The van der Waals surface area contributed by atoms with Crippen molar-refractivity contribution in [1.82, 2.24) is 50.8 Å². The number of alkyl halides is 2. The van der Waals surface area contributed by atoms with Gasteiger partial charge in [-0.15, -0.1) is 24.8 Å². The lowest BCUT2D eigenvalue weighted by atomic mass is 10.1. The molecule has 2 amide bonds. The Bertz CT molecular complexity index is 1550. The summed E-state index contributed by atoms with van der Waals surface area (Å²) < 4.78 is 57.7. The Kier molecular flexibility index (Phi) is 14.4. The van der Waals surface area contributed by atoms with E-state index in [0.29, 0.717) is 11.4 Å². The lowest BCUT2D eigenvalue weighted by molar-refractivity contribution is -0.123. The summed E-state index contributed by atoms with van der Waals surface area (Å²) in [5.74, 6) is -2.03. The Balaban J connectivity index is 0.000000250. The van der Waals surface area contributed by atoms with Crippen molar-refractivity contribution in [2.75, 3.05) is 13.1 Å². The first-order valence-corrected chi connectivity index (χ1v) is 14.8. The average Bonchev–Trinajstić information content (AvgIpc) is 3.87. The average molecular weight is 756 g/mol. The van der Waals surface area contributed by atoms with Crippen molar-refractivity contribution < 1.29 is 27.2 Å². The van der Waals surface area contributed by atoms with Crippen LogP contribution in [0.5, 0.6) is 0 Å². The van der Waals surface area contributed by atoms with E-state index in [9.17, 15) is 27.2 Å². The largest absolute Gasteiger partial charge is 0.350 e. The number of nitrogens with one attached hydrogen (secondary N) is 4. The second-order valence-corrected chi connectivity index (χ2v) is 11.2. The van der Waals surface area contributed by atoms with Gasteiger partial charge in [-0.25, -0.2) is 36.9 Å². The Morgan fingerprint density at radius 3 is 1.46 bits per heavy atom. The lowest BCUT2D eigenvalue weighted by Crippen LogP contribution is -2.40. The molecule has 0 unspecified atom stereocenters. The molecule has 0 radical (unpaired) electrons. The van der Waals surface area contributed by atoms with Crippen LogP contribution < -0.4 is 21.3 Å². The summed E-state index contributed by atoms with van der Waals surface area (Å²) in [4.78, 5) is 31.7. The SMILES string of the molecule is Cl.Cl.O=C(NCc1c(-n2cncn2)ccc(Cl)c1F)[C@@H]1C[C@@H](F)CN1.O=C(NCc1c(-n2cncn2)ccc(Cl)c1F)[C@@H]1C[C@@H](F)CN1. The number of hydrogen-bond donors (Lipinski definition) is 4. The molecule has 4 aromatic rings. The van der Waals surface area contributed by atoms with E-state index in [-0.39, 0.29) is 96.8 Å².